The van der Waals surface area contributed by atoms with Gasteiger partial charge in [-0.1, -0.05) is 29.4 Å². The fourth-order valence-electron chi connectivity index (χ4n) is 3.19. The fourth-order valence-corrected chi connectivity index (χ4v) is 4.34. The Bertz CT molecular complexity index is 894. The Morgan fingerprint density at radius 1 is 1.21 bits per heavy atom. The Morgan fingerprint density at radius 2 is 1.96 bits per heavy atom. The number of aryl methyl sites for hydroxylation is 1. The minimum absolute atomic E-state index is 0.0522. The van der Waals surface area contributed by atoms with Gasteiger partial charge in [-0.25, -0.2) is 4.98 Å². The third-order valence-corrected chi connectivity index (χ3v) is 6.14. The molecule has 28 heavy (non-hydrogen) atoms. The molecule has 0 spiro atoms. The summed E-state index contributed by atoms with van der Waals surface area (Å²) in [5.74, 6) is 0.954. The molecule has 0 radical (unpaired) electrons. The third-order valence-electron chi connectivity index (χ3n) is 4.79. The predicted molar refractivity (Wildman–Crippen MR) is 114 cm³/mol. The monoisotopic (exact) mass is 420 g/mol. The van der Waals surface area contributed by atoms with Gasteiger partial charge in [0.15, 0.2) is 5.16 Å². The Kier molecular flexibility index (Phi) is 7.02. The van der Waals surface area contributed by atoms with Gasteiger partial charge in [0, 0.05) is 67.9 Å². The van der Waals surface area contributed by atoms with E-state index in [-0.39, 0.29) is 11.5 Å². The van der Waals surface area contributed by atoms with Crippen molar-refractivity contribution in [2.24, 2.45) is 7.05 Å². The average Bonchev–Trinajstić information content (AvgIpc) is 2.68. The van der Waals surface area contributed by atoms with Crippen LogP contribution in [0.1, 0.15) is 18.5 Å². The molecular weight excluding hydrogens is 396 g/mol. The molecule has 1 aromatic carbocycles. The topological polar surface area (TPSA) is 58.4 Å². The van der Waals surface area contributed by atoms with Gasteiger partial charge in [0.25, 0.3) is 5.56 Å². The normalized spacial score (nSPS) is 14.4. The lowest BCUT2D eigenvalue weighted by atomic mass is 10.2. The van der Waals surface area contributed by atoms with Gasteiger partial charge in [-0.05, 0) is 31.5 Å². The van der Waals surface area contributed by atoms with Crippen LogP contribution in [0.3, 0.4) is 0 Å². The van der Waals surface area contributed by atoms with Crippen molar-refractivity contribution in [2.45, 2.75) is 24.9 Å². The maximum Gasteiger partial charge on any atom is 0.254 e. The minimum Gasteiger partial charge on any atom is -0.368 e. The number of carbonyl (C=O) groups is 1. The average molecular weight is 421 g/mol. The van der Waals surface area contributed by atoms with Crippen LogP contribution in [0.4, 0.5) is 5.69 Å². The van der Waals surface area contributed by atoms with Crippen LogP contribution >= 0.6 is 23.4 Å². The van der Waals surface area contributed by atoms with Gasteiger partial charge in [0.1, 0.15) is 0 Å². The minimum atomic E-state index is -0.0522. The summed E-state index contributed by atoms with van der Waals surface area (Å²) in [6, 6.07) is 9.35. The third kappa shape index (κ3) is 5.29. The first-order chi connectivity index (χ1) is 13.4. The Hall–Kier alpha value is -1.99. The Balaban J connectivity index is 1.42. The SMILES string of the molecule is Cc1cc(=O)n(C)c(SCCCC(=O)N2CCN(c3cccc(Cl)c3)CC2)n1. The lowest BCUT2D eigenvalue weighted by Crippen LogP contribution is -2.48. The van der Waals surface area contributed by atoms with E-state index < -0.39 is 0 Å². The highest BCUT2D eigenvalue weighted by Crippen LogP contribution is 2.21. The fraction of sp³-hybridized carbons (Fsp3) is 0.450. The van der Waals surface area contributed by atoms with Crippen molar-refractivity contribution in [3.63, 3.8) is 0 Å². The summed E-state index contributed by atoms with van der Waals surface area (Å²) in [6.45, 7) is 4.91. The van der Waals surface area contributed by atoms with Crippen LogP contribution in [0.25, 0.3) is 0 Å². The van der Waals surface area contributed by atoms with Crippen molar-refractivity contribution in [1.29, 1.82) is 0 Å². The van der Waals surface area contributed by atoms with Crippen molar-refractivity contribution < 1.29 is 4.79 Å². The van der Waals surface area contributed by atoms with Gasteiger partial charge in [0.05, 0.1) is 0 Å². The second kappa shape index (κ2) is 9.47. The van der Waals surface area contributed by atoms with E-state index in [9.17, 15) is 9.59 Å². The molecule has 1 amide bonds. The molecule has 0 bridgehead atoms. The van der Waals surface area contributed by atoms with Gasteiger partial charge >= 0.3 is 0 Å². The highest BCUT2D eigenvalue weighted by molar-refractivity contribution is 7.99. The number of amides is 1. The molecule has 0 N–H and O–H groups in total. The summed E-state index contributed by atoms with van der Waals surface area (Å²) < 4.78 is 1.55. The molecule has 2 aromatic rings. The summed E-state index contributed by atoms with van der Waals surface area (Å²) in [5.41, 5.74) is 1.77. The number of thioether (sulfide) groups is 1. The maximum atomic E-state index is 12.5. The molecule has 1 saturated heterocycles. The molecule has 0 aliphatic carbocycles. The first-order valence-corrected chi connectivity index (χ1v) is 10.8. The van der Waals surface area contributed by atoms with Crippen molar-refractivity contribution in [1.82, 2.24) is 14.5 Å². The number of carbonyl (C=O) groups excluding carboxylic acids is 1. The summed E-state index contributed by atoms with van der Waals surface area (Å²) in [7, 11) is 1.72. The van der Waals surface area contributed by atoms with Crippen LogP contribution in [0.2, 0.25) is 5.02 Å². The molecule has 0 saturated carbocycles. The van der Waals surface area contributed by atoms with Crippen molar-refractivity contribution in [3.8, 4) is 0 Å². The first-order valence-electron chi connectivity index (χ1n) is 9.40. The Labute approximate surface area is 174 Å². The van der Waals surface area contributed by atoms with Crippen LogP contribution in [-0.4, -0.2) is 52.3 Å². The van der Waals surface area contributed by atoms with E-state index in [1.54, 1.807) is 11.6 Å². The van der Waals surface area contributed by atoms with E-state index in [1.165, 1.54) is 17.8 Å². The second-order valence-corrected chi connectivity index (χ2v) is 8.38. The highest BCUT2D eigenvalue weighted by Gasteiger charge is 2.21. The van der Waals surface area contributed by atoms with Crippen molar-refractivity contribution in [3.05, 3.63) is 51.4 Å². The number of piperazine rings is 1. The summed E-state index contributed by atoms with van der Waals surface area (Å²) in [4.78, 5) is 32.9. The molecule has 6 nitrogen and oxygen atoms in total. The number of aromatic nitrogens is 2. The number of hydrogen-bond donors (Lipinski definition) is 0. The molecular formula is C20H25ClN4O2S. The summed E-state index contributed by atoms with van der Waals surface area (Å²) in [6.07, 6.45) is 1.28. The molecule has 1 aliphatic heterocycles. The molecule has 2 heterocycles. The van der Waals surface area contributed by atoms with Gasteiger partial charge < -0.3 is 9.80 Å². The van der Waals surface area contributed by atoms with Gasteiger partial charge in [-0.15, -0.1) is 0 Å². The molecule has 1 aliphatic rings. The maximum absolute atomic E-state index is 12.5. The molecule has 8 heteroatoms. The van der Waals surface area contributed by atoms with Crippen LogP contribution in [0.15, 0.2) is 40.3 Å². The number of hydrogen-bond acceptors (Lipinski definition) is 5. The molecule has 150 valence electrons. The predicted octanol–water partition coefficient (Wildman–Crippen LogP) is 2.96. The van der Waals surface area contributed by atoms with E-state index in [2.05, 4.69) is 9.88 Å². The van der Waals surface area contributed by atoms with Gasteiger partial charge in [0.2, 0.25) is 5.91 Å². The van der Waals surface area contributed by atoms with Crippen LogP contribution in [0.5, 0.6) is 0 Å². The number of benzene rings is 1. The highest BCUT2D eigenvalue weighted by atomic mass is 35.5. The zero-order valence-corrected chi connectivity index (χ0v) is 17.8. The lowest BCUT2D eigenvalue weighted by Gasteiger charge is -2.36. The zero-order valence-electron chi connectivity index (χ0n) is 16.2. The lowest BCUT2D eigenvalue weighted by molar-refractivity contribution is -0.131. The molecule has 0 atom stereocenters. The summed E-state index contributed by atoms with van der Waals surface area (Å²) in [5, 5.41) is 1.43. The Morgan fingerprint density at radius 3 is 2.68 bits per heavy atom. The molecule has 3 rings (SSSR count). The van der Waals surface area contributed by atoms with Crippen LogP contribution in [-0.2, 0) is 11.8 Å². The first kappa shape index (κ1) is 20.7. The summed E-state index contributed by atoms with van der Waals surface area (Å²) >= 11 is 7.59. The van der Waals surface area contributed by atoms with Crippen molar-refractivity contribution >= 4 is 35.0 Å². The van der Waals surface area contributed by atoms with Gasteiger partial charge in [-0.3, -0.25) is 14.2 Å². The van der Waals surface area contributed by atoms with E-state index in [0.717, 1.165) is 54.8 Å². The largest absolute Gasteiger partial charge is 0.368 e. The number of halogens is 1. The number of anilines is 1. The van der Waals surface area contributed by atoms with E-state index >= 15 is 0 Å². The van der Waals surface area contributed by atoms with Gasteiger partial charge in [-0.2, -0.15) is 0 Å². The van der Waals surface area contributed by atoms with E-state index in [4.69, 9.17) is 11.6 Å². The molecule has 0 unspecified atom stereocenters. The number of rotatable bonds is 6. The zero-order chi connectivity index (χ0) is 20.1. The van der Waals surface area contributed by atoms with Crippen molar-refractivity contribution in [2.75, 3.05) is 36.8 Å². The second-order valence-electron chi connectivity index (χ2n) is 6.88. The standard InChI is InChI=1S/C20H25ClN4O2S/c1-15-13-19(27)23(2)20(22-15)28-12-4-7-18(26)25-10-8-24(9-11-25)17-6-3-5-16(21)14-17/h3,5-6,13-14H,4,7-12H2,1-2H3. The quantitative estimate of drug-likeness (QED) is 0.408. The van der Waals surface area contributed by atoms with Crippen LogP contribution in [0, 0.1) is 6.92 Å². The number of nitrogens with zero attached hydrogens (tertiary/aromatic N) is 4. The van der Waals surface area contributed by atoms with E-state index in [0.29, 0.717) is 11.6 Å². The van der Waals surface area contributed by atoms with E-state index in [1.807, 2.05) is 36.1 Å². The molecule has 1 fully saturated rings. The smallest absolute Gasteiger partial charge is 0.254 e. The molecule has 1 aromatic heterocycles. The van der Waals surface area contributed by atoms with Crippen LogP contribution < -0.4 is 10.5 Å².